The Morgan fingerprint density at radius 1 is 1.38 bits per heavy atom. The van der Waals surface area contributed by atoms with E-state index in [4.69, 9.17) is 0 Å². The fourth-order valence-corrected chi connectivity index (χ4v) is 3.63. The molecule has 13 heavy (non-hydrogen) atoms. The van der Waals surface area contributed by atoms with Gasteiger partial charge in [-0.1, -0.05) is 20.8 Å². The van der Waals surface area contributed by atoms with Crippen LogP contribution >= 0.6 is 11.8 Å². The van der Waals surface area contributed by atoms with Crippen LogP contribution in [0.5, 0.6) is 0 Å². The minimum atomic E-state index is -0.0266. The molecular weight excluding hydrogens is 182 g/mol. The average molecular weight is 203 g/mol. The molecule has 3 heteroatoms. The first-order valence-electron chi connectivity index (χ1n) is 4.97. The SMILES string of the molecule is CCNC1(CO)CSCC(C)(C)C1. The summed E-state index contributed by atoms with van der Waals surface area (Å²) in [5, 5.41) is 12.9. The van der Waals surface area contributed by atoms with E-state index in [0.29, 0.717) is 5.41 Å². The summed E-state index contributed by atoms with van der Waals surface area (Å²) in [6, 6.07) is 0. The van der Waals surface area contributed by atoms with Gasteiger partial charge in [-0.15, -0.1) is 0 Å². The van der Waals surface area contributed by atoms with E-state index in [1.165, 1.54) is 5.75 Å². The lowest BCUT2D eigenvalue weighted by Gasteiger charge is -2.44. The first kappa shape index (κ1) is 11.3. The van der Waals surface area contributed by atoms with Gasteiger partial charge in [0.05, 0.1) is 12.1 Å². The first-order valence-corrected chi connectivity index (χ1v) is 6.13. The molecule has 1 aliphatic heterocycles. The molecule has 1 aliphatic rings. The van der Waals surface area contributed by atoms with Crippen molar-refractivity contribution < 1.29 is 5.11 Å². The zero-order valence-corrected chi connectivity index (χ0v) is 9.71. The number of aliphatic hydroxyl groups is 1. The topological polar surface area (TPSA) is 32.3 Å². The van der Waals surface area contributed by atoms with Crippen LogP contribution in [0.15, 0.2) is 0 Å². The van der Waals surface area contributed by atoms with Gasteiger partial charge in [0.15, 0.2) is 0 Å². The number of nitrogens with one attached hydrogen (secondary N) is 1. The molecule has 78 valence electrons. The number of thioether (sulfide) groups is 1. The fourth-order valence-electron chi connectivity index (χ4n) is 2.19. The summed E-state index contributed by atoms with van der Waals surface area (Å²) in [6.45, 7) is 7.86. The predicted octanol–water partition coefficient (Wildman–Crippen LogP) is 1.49. The van der Waals surface area contributed by atoms with Gasteiger partial charge < -0.3 is 10.4 Å². The van der Waals surface area contributed by atoms with Gasteiger partial charge in [-0.25, -0.2) is 0 Å². The minimum Gasteiger partial charge on any atom is -0.394 e. The third kappa shape index (κ3) is 2.86. The molecule has 0 bridgehead atoms. The average Bonchev–Trinajstić information content (AvgIpc) is 2.03. The summed E-state index contributed by atoms with van der Waals surface area (Å²) < 4.78 is 0. The van der Waals surface area contributed by atoms with E-state index in [2.05, 4.69) is 26.1 Å². The van der Waals surface area contributed by atoms with Crippen molar-refractivity contribution in [2.75, 3.05) is 24.7 Å². The van der Waals surface area contributed by atoms with Gasteiger partial charge in [0.25, 0.3) is 0 Å². The molecular formula is C10H21NOS. The van der Waals surface area contributed by atoms with E-state index < -0.39 is 0 Å². The van der Waals surface area contributed by atoms with Gasteiger partial charge in [0.1, 0.15) is 0 Å². The third-order valence-corrected chi connectivity index (χ3v) is 4.28. The molecule has 0 aromatic rings. The zero-order valence-electron chi connectivity index (χ0n) is 8.89. The molecule has 0 spiro atoms. The van der Waals surface area contributed by atoms with Crippen LogP contribution in [-0.4, -0.2) is 35.3 Å². The Morgan fingerprint density at radius 3 is 2.54 bits per heavy atom. The van der Waals surface area contributed by atoms with Crippen molar-refractivity contribution in [2.45, 2.75) is 32.7 Å². The maximum atomic E-state index is 9.43. The van der Waals surface area contributed by atoms with Crippen LogP contribution in [-0.2, 0) is 0 Å². The molecule has 1 heterocycles. The van der Waals surface area contributed by atoms with Gasteiger partial charge in [-0.2, -0.15) is 11.8 Å². The molecule has 1 saturated heterocycles. The lowest BCUT2D eigenvalue weighted by molar-refractivity contribution is 0.129. The van der Waals surface area contributed by atoms with E-state index in [0.717, 1.165) is 18.7 Å². The number of hydrogen-bond acceptors (Lipinski definition) is 3. The van der Waals surface area contributed by atoms with E-state index in [1.807, 2.05) is 11.8 Å². The van der Waals surface area contributed by atoms with Crippen molar-refractivity contribution >= 4 is 11.8 Å². The van der Waals surface area contributed by atoms with E-state index in [-0.39, 0.29) is 12.1 Å². The lowest BCUT2D eigenvalue weighted by atomic mass is 9.80. The molecule has 2 N–H and O–H groups in total. The maximum absolute atomic E-state index is 9.43. The Labute approximate surface area is 85.5 Å². The van der Waals surface area contributed by atoms with Gasteiger partial charge in [0.2, 0.25) is 0 Å². The van der Waals surface area contributed by atoms with Crippen LogP contribution in [0, 0.1) is 5.41 Å². The number of hydrogen-bond donors (Lipinski definition) is 2. The van der Waals surface area contributed by atoms with E-state index >= 15 is 0 Å². The highest BCUT2D eigenvalue weighted by atomic mass is 32.2. The minimum absolute atomic E-state index is 0.0266. The van der Waals surface area contributed by atoms with Crippen molar-refractivity contribution in [3.8, 4) is 0 Å². The highest BCUT2D eigenvalue weighted by Crippen LogP contribution is 2.38. The van der Waals surface area contributed by atoms with Gasteiger partial charge in [0, 0.05) is 5.75 Å². The molecule has 0 amide bonds. The Morgan fingerprint density at radius 2 is 2.08 bits per heavy atom. The molecule has 1 unspecified atom stereocenters. The van der Waals surface area contributed by atoms with Crippen LogP contribution in [0.3, 0.4) is 0 Å². The quantitative estimate of drug-likeness (QED) is 0.729. The van der Waals surface area contributed by atoms with Gasteiger partial charge in [-0.05, 0) is 24.1 Å². The monoisotopic (exact) mass is 203 g/mol. The van der Waals surface area contributed by atoms with Crippen molar-refractivity contribution in [1.29, 1.82) is 0 Å². The van der Waals surface area contributed by atoms with Crippen molar-refractivity contribution in [1.82, 2.24) is 5.32 Å². The number of aliphatic hydroxyl groups excluding tert-OH is 1. The van der Waals surface area contributed by atoms with Crippen molar-refractivity contribution in [2.24, 2.45) is 5.41 Å². The molecule has 0 saturated carbocycles. The molecule has 1 fully saturated rings. The molecule has 0 aromatic carbocycles. The Kier molecular flexibility index (Phi) is 3.66. The highest BCUT2D eigenvalue weighted by Gasteiger charge is 2.39. The number of rotatable bonds is 3. The smallest absolute Gasteiger partial charge is 0.0621 e. The highest BCUT2D eigenvalue weighted by molar-refractivity contribution is 7.99. The molecule has 0 aliphatic carbocycles. The Bertz CT molecular complexity index is 168. The van der Waals surface area contributed by atoms with Crippen LogP contribution in [0.4, 0.5) is 0 Å². The first-order chi connectivity index (χ1) is 6.04. The second kappa shape index (κ2) is 4.20. The lowest BCUT2D eigenvalue weighted by Crippen LogP contribution is -2.55. The summed E-state index contributed by atoms with van der Waals surface area (Å²) in [5.74, 6) is 2.25. The number of likely N-dealkylation sites (N-methyl/N-ethyl adjacent to an activating group) is 1. The zero-order chi connectivity index (χ0) is 9.95. The van der Waals surface area contributed by atoms with E-state index in [9.17, 15) is 5.11 Å². The van der Waals surface area contributed by atoms with Crippen molar-refractivity contribution in [3.05, 3.63) is 0 Å². The fraction of sp³-hybridized carbons (Fsp3) is 1.00. The van der Waals surface area contributed by atoms with Crippen LogP contribution in [0.1, 0.15) is 27.2 Å². The summed E-state index contributed by atoms with van der Waals surface area (Å²) in [4.78, 5) is 0. The summed E-state index contributed by atoms with van der Waals surface area (Å²) in [7, 11) is 0. The normalized spacial score (nSPS) is 33.2. The molecule has 2 nitrogen and oxygen atoms in total. The second-order valence-corrected chi connectivity index (χ2v) is 5.79. The molecule has 0 radical (unpaired) electrons. The third-order valence-electron chi connectivity index (χ3n) is 2.54. The summed E-state index contributed by atoms with van der Waals surface area (Å²) >= 11 is 1.95. The van der Waals surface area contributed by atoms with E-state index in [1.54, 1.807) is 0 Å². The van der Waals surface area contributed by atoms with Crippen LogP contribution < -0.4 is 5.32 Å². The molecule has 1 rings (SSSR count). The van der Waals surface area contributed by atoms with Crippen molar-refractivity contribution in [3.63, 3.8) is 0 Å². The molecule has 1 atom stereocenters. The van der Waals surface area contributed by atoms with Gasteiger partial charge >= 0.3 is 0 Å². The molecule has 0 aromatic heterocycles. The predicted molar refractivity (Wildman–Crippen MR) is 59.2 cm³/mol. The summed E-state index contributed by atoms with van der Waals surface area (Å²) in [5.41, 5.74) is 0.328. The largest absolute Gasteiger partial charge is 0.394 e. The summed E-state index contributed by atoms with van der Waals surface area (Å²) in [6.07, 6.45) is 1.08. The van der Waals surface area contributed by atoms with Gasteiger partial charge in [-0.3, -0.25) is 0 Å². The van der Waals surface area contributed by atoms with Crippen LogP contribution in [0.25, 0.3) is 0 Å². The maximum Gasteiger partial charge on any atom is 0.0621 e. The van der Waals surface area contributed by atoms with Crippen LogP contribution in [0.2, 0.25) is 0 Å². The Hall–Kier alpha value is 0.270. The Balaban J connectivity index is 2.64. The standard InChI is InChI=1S/C10H21NOS/c1-4-11-10(6-12)5-9(2,3)7-13-8-10/h11-12H,4-8H2,1-3H3. The second-order valence-electron chi connectivity index (χ2n) is 4.80.